The van der Waals surface area contributed by atoms with Gasteiger partial charge in [-0.05, 0) is 32.1 Å². The highest BCUT2D eigenvalue weighted by Gasteiger charge is 1.98. The minimum absolute atomic E-state index is 0.328. The zero-order valence-electron chi connectivity index (χ0n) is 14.2. The first-order chi connectivity index (χ1) is 10.2. The molecule has 21 heavy (non-hydrogen) atoms. The second-order valence-corrected chi connectivity index (χ2v) is 6.28. The quantitative estimate of drug-likeness (QED) is 0.261. The molecule has 0 rings (SSSR count). The third kappa shape index (κ3) is 17.2. The van der Waals surface area contributed by atoms with E-state index in [1.165, 1.54) is 82.6 Å². The molecule has 0 fully saturated rings. The van der Waals surface area contributed by atoms with E-state index >= 15 is 0 Å². The molecule has 0 aromatic heterocycles. The van der Waals surface area contributed by atoms with Gasteiger partial charge in [-0.3, -0.25) is 4.79 Å². The predicted molar refractivity (Wildman–Crippen MR) is 91.7 cm³/mol. The van der Waals surface area contributed by atoms with Crippen LogP contribution in [0.3, 0.4) is 0 Å². The van der Waals surface area contributed by atoms with Crippen molar-refractivity contribution < 1.29 is 9.90 Å². The van der Waals surface area contributed by atoms with Crippen LogP contribution >= 0.6 is 0 Å². The Morgan fingerprint density at radius 3 is 1.52 bits per heavy atom. The lowest BCUT2D eigenvalue weighted by Gasteiger charge is -2.06. The number of aliphatic carboxylic acids is 1. The monoisotopic (exact) mass is 296 g/mol. The minimum Gasteiger partial charge on any atom is -0.481 e. The Morgan fingerprint density at radius 1 is 0.714 bits per heavy atom. The zero-order chi connectivity index (χ0) is 15.8. The smallest absolute Gasteiger partial charge is 0.303 e. The highest BCUT2D eigenvalue weighted by Crippen LogP contribution is 2.16. The van der Waals surface area contributed by atoms with Crippen molar-refractivity contribution in [1.82, 2.24) is 0 Å². The van der Waals surface area contributed by atoms with E-state index in [1.54, 1.807) is 0 Å². The van der Waals surface area contributed by atoms with Crippen molar-refractivity contribution in [3.8, 4) is 0 Å². The molecule has 0 amide bonds. The molecule has 0 radical (unpaired) electrons. The fraction of sp³-hybridized carbons (Fsp3) is 0.842. The van der Waals surface area contributed by atoms with Gasteiger partial charge in [-0.25, -0.2) is 0 Å². The van der Waals surface area contributed by atoms with Crippen LogP contribution in [0, 0.1) is 0 Å². The van der Waals surface area contributed by atoms with E-state index in [1.807, 2.05) is 0 Å². The Balaban J connectivity index is 3.17. The van der Waals surface area contributed by atoms with Gasteiger partial charge in [0.2, 0.25) is 0 Å². The third-order valence-corrected chi connectivity index (χ3v) is 4.05. The molecule has 0 saturated carbocycles. The van der Waals surface area contributed by atoms with Gasteiger partial charge in [0.25, 0.3) is 0 Å². The van der Waals surface area contributed by atoms with Crippen molar-refractivity contribution in [2.24, 2.45) is 0 Å². The molecule has 0 saturated heterocycles. The van der Waals surface area contributed by atoms with Crippen LogP contribution in [0.4, 0.5) is 0 Å². The van der Waals surface area contributed by atoms with Gasteiger partial charge >= 0.3 is 5.97 Å². The first-order valence-electron chi connectivity index (χ1n) is 9.05. The van der Waals surface area contributed by atoms with Crippen LogP contribution in [-0.4, -0.2) is 11.1 Å². The highest BCUT2D eigenvalue weighted by atomic mass is 16.4. The average molecular weight is 296 g/mol. The SMILES string of the molecule is C=C(CCCCCCCC)CCCCCCCCC(=O)O. The van der Waals surface area contributed by atoms with E-state index in [0.717, 1.165) is 12.8 Å². The van der Waals surface area contributed by atoms with Crippen molar-refractivity contribution in [3.05, 3.63) is 12.2 Å². The van der Waals surface area contributed by atoms with Crippen LogP contribution in [0.1, 0.15) is 103 Å². The van der Waals surface area contributed by atoms with Gasteiger partial charge in [0, 0.05) is 6.42 Å². The molecule has 0 atom stereocenters. The second kappa shape index (κ2) is 15.6. The summed E-state index contributed by atoms with van der Waals surface area (Å²) in [6.07, 6.45) is 17.7. The molecule has 0 aliphatic heterocycles. The Bertz CT molecular complexity index is 258. The normalized spacial score (nSPS) is 10.7. The maximum Gasteiger partial charge on any atom is 0.303 e. The number of carboxylic acids is 1. The predicted octanol–water partition coefficient (Wildman–Crippen LogP) is 6.50. The van der Waals surface area contributed by atoms with Gasteiger partial charge in [-0.1, -0.05) is 76.9 Å². The Kier molecular flexibility index (Phi) is 15.0. The van der Waals surface area contributed by atoms with Gasteiger partial charge in [-0.2, -0.15) is 0 Å². The van der Waals surface area contributed by atoms with Crippen LogP contribution in [0.25, 0.3) is 0 Å². The topological polar surface area (TPSA) is 37.3 Å². The van der Waals surface area contributed by atoms with E-state index < -0.39 is 5.97 Å². The van der Waals surface area contributed by atoms with Gasteiger partial charge < -0.3 is 5.11 Å². The summed E-state index contributed by atoms with van der Waals surface area (Å²) >= 11 is 0. The Labute approximate surface area is 132 Å². The van der Waals surface area contributed by atoms with Crippen molar-refractivity contribution in [2.75, 3.05) is 0 Å². The summed E-state index contributed by atoms with van der Waals surface area (Å²) in [5.74, 6) is -0.666. The lowest BCUT2D eigenvalue weighted by Crippen LogP contribution is -1.93. The Morgan fingerprint density at radius 2 is 1.10 bits per heavy atom. The molecular formula is C19H36O2. The van der Waals surface area contributed by atoms with Crippen molar-refractivity contribution in [3.63, 3.8) is 0 Å². The van der Waals surface area contributed by atoms with E-state index in [4.69, 9.17) is 5.11 Å². The fourth-order valence-corrected chi connectivity index (χ4v) is 2.64. The highest BCUT2D eigenvalue weighted by molar-refractivity contribution is 5.66. The van der Waals surface area contributed by atoms with Gasteiger partial charge in [0.1, 0.15) is 0 Å². The maximum atomic E-state index is 10.4. The molecule has 0 aliphatic rings. The average Bonchev–Trinajstić information content (AvgIpc) is 2.45. The molecule has 0 aliphatic carbocycles. The lowest BCUT2D eigenvalue weighted by molar-refractivity contribution is -0.137. The molecule has 0 aromatic rings. The summed E-state index contributed by atoms with van der Waals surface area (Å²) in [6.45, 7) is 6.45. The largest absolute Gasteiger partial charge is 0.481 e. The van der Waals surface area contributed by atoms with E-state index in [0.29, 0.717) is 6.42 Å². The first kappa shape index (κ1) is 20.2. The van der Waals surface area contributed by atoms with Crippen LogP contribution in [0.5, 0.6) is 0 Å². The summed E-state index contributed by atoms with van der Waals surface area (Å²) in [6, 6.07) is 0. The molecule has 0 bridgehead atoms. The number of unbranched alkanes of at least 4 members (excludes halogenated alkanes) is 10. The van der Waals surface area contributed by atoms with E-state index in [9.17, 15) is 4.79 Å². The fourth-order valence-electron chi connectivity index (χ4n) is 2.64. The van der Waals surface area contributed by atoms with Crippen LogP contribution in [0.15, 0.2) is 12.2 Å². The van der Waals surface area contributed by atoms with Gasteiger partial charge in [0.05, 0.1) is 0 Å². The van der Waals surface area contributed by atoms with Gasteiger partial charge in [-0.15, -0.1) is 0 Å². The molecule has 0 aromatic carbocycles. The van der Waals surface area contributed by atoms with Crippen LogP contribution in [0.2, 0.25) is 0 Å². The molecule has 124 valence electrons. The molecule has 0 spiro atoms. The van der Waals surface area contributed by atoms with Crippen molar-refractivity contribution in [1.29, 1.82) is 0 Å². The van der Waals surface area contributed by atoms with Crippen molar-refractivity contribution >= 4 is 5.97 Å². The van der Waals surface area contributed by atoms with E-state index in [-0.39, 0.29) is 0 Å². The summed E-state index contributed by atoms with van der Waals surface area (Å²) < 4.78 is 0. The maximum absolute atomic E-state index is 10.4. The Hall–Kier alpha value is -0.790. The number of hydrogen-bond donors (Lipinski definition) is 1. The van der Waals surface area contributed by atoms with E-state index in [2.05, 4.69) is 13.5 Å². The summed E-state index contributed by atoms with van der Waals surface area (Å²) in [5, 5.41) is 8.54. The summed E-state index contributed by atoms with van der Waals surface area (Å²) in [5.41, 5.74) is 1.43. The molecule has 0 heterocycles. The van der Waals surface area contributed by atoms with Gasteiger partial charge in [0.15, 0.2) is 0 Å². The van der Waals surface area contributed by atoms with Crippen molar-refractivity contribution in [2.45, 2.75) is 103 Å². The number of hydrogen-bond acceptors (Lipinski definition) is 1. The number of carboxylic acid groups (broad SMARTS) is 1. The number of rotatable bonds is 16. The summed E-state index contributed by atoms with van der Waals surface area (Å²) in [4.78, 5) is 10.4. The molecular weight excluding hydrogens is 260 g/mol. The number of carbonyl (C=O) groups is 1. The van der Waals surface area contributed by atoms with Crippen LogP contribution < -0.4 is 0 Å². The third-order valence-electron chi connectivity index (χ3n) is 4.05. The molecule has 2 heteroatoms. The first-order valence-corrected chi connectivity index (χ1v) is 9.05. The summed E-state index contributed by atoms with van der Waals surface area (Å²) in [7, 11) is 0. The lowest BCUT2D eigenvalue weighted by atomic mass is 10.0. The molecule has 2 nitrogen and oxygen atoms in total. The zero-order valence-corrected chi connectivity index (χ0v) is 14.2. The number of allylic oxidation sites excluding steroid dienone is 1. The van der Waals surface area contributed by atoms with Crippen LogP contribution in [-0.2, 0) is 4.79 Å². The molecule has 1 N–H and O–H groups in total. The minimum atomic E-state index is -0.666. The standard InChI is InChI=1S/C19H36O2/c1-3-4-5-6-9-12-15-18(2)16-13-10-7-8-11-14-17-19(20)21/h2-17H2,1H3,(H,20,21). The second-order valence-electron chi connectivity index (χ2n) is 6.28. The molecule has 0 unspecified atom stereocenters.